The molecular weight excluding hydrogens is 231 g/mol. The van der Waals surface area contributed by atoms with E-state index in [2.05, 4.69) is 0 Å². The van der Waals surface area contributed by atoms with Gasteiger partial charge in [-0.15, -0.1) is 0 Å². The fourth-order valence-corrected chi connectivity index (χ4v) is 3.80. The van der Waals surface area contributed by atoms with Gasteiger partial charge < -0.3 is 14.9 Å². The lowest BCUT2D eigenvalue weighted by Gasteiger charge is -2.42. The summed E-state index contributed by atoms with van der Waals surface area (Å²) < 4.78 is 11.0. The van der Waals surface area contributed by atoms with Crippen LogP contribution in [-0.2, 0) is 9.36 Å². The Bertz CT molecular complexity index is 300. The fraction of sp³-hybridized carbons (Fsp3) is 0.900. The van der Waals surface area contributed by atoms with Crippen LogP contribution >= 0.6 is 7.60 Å². The molecule has 0 heterocycles. The van der Waals surface area contributed by atoms with E-state index in [1.807, 2.05) is 0 Å². The van der Waals surface area contributed by atoms with Gasteiger partial charge in [0.1, 0.15) is 0 Å². The molecule has 0 fully saturated rings. The maximum atomic E-state index is 11.4. The molecule has 0 radical (unpaired) electrons. The van der Waals surface area contributed by atoms with Gasteiger partial charge in [0.2, 0.25) is 0 Å². The first-order chi connectivity index (χ1) is 7.02. The highest BCUT2D eigenvalue weighted by Gasteiger charge is 2.50. The van der Waals surface area contributed by atoms with E-state index in [0.717, 1.165) is 0 Å². The second kappa shape index (κ2) is 4.86. The number of carbonyl (C=O) groups is 1. The van der Waals surface area contributed by atoms with Gasteiger partial charge in [-0.2, -0.15) is 0 Å². The third kappa shape index (κ3) is 3.06. The van der Waals surface area contributed by atoms with E-state index in [1.54, 1.807) is 27.7 Å². The van der Waals surface area contributed by atoms with Crippen LogP contribution in [0.3, 0.4) is 0 Å². The Kier molecular flexibility index (Phi) is 4.75. The van der Waals surface area contributed by atoms with E-state index >= 15 is 0 Å². The second-order valence-corrected chi connectivity index (χ2v) is 6.45. The summed E-state index contributed by atoms with van der Waals surface area (Å²) in [6.07, 6.45) is 0.297. The zero-order valence-electron chi connectivity index (χ0n) is 10.2. The van der Waals surface area contributed by atoms with Crippen molar-refractivity contribution in [1.82, 2.24) is 0 Å². The molecule has 0 aromatic rings. The van der Waals surface area contributed by atoms with Crippen molar-refractivity contribution in [3.05, 3.63) is 0 Å². The molecular formula is C10H21O5P. The predicted molar refractivity (Wildman–Crippen MR) is 61.3 cm³/mol. The molecule has 0 saturated carbocycles. The molecule has 3 N–H and O–H groups in total. The molecule has 0 rings (SSSR count). The SMILES string of the molecule is CCC(CC)(C(=O)O)C(C)(C)CP(=O)(O)O. The normalized spacial score (nSPS) is 13.9. The van der Waals surface area contributed by atoms with E-state index < -0.39 is 30.6 Å². The molecule has 5 nitrogen and oxygen atoms in total. The first kappa shape index (κ1) is 15.6. The van der Waals surface area contributed by atoms with Gasteiger partial charge in [-0.05, 0) is 18.3 Å². The Morgan fingerprint density at radius 2 is 1.56 bits per heavy atom. The first-order valence-electron chi connectivity index (χ1n) is 5.30. The minimum absolute atomic E-state index is 0.353. The van der Waals surface area contributed by atoms with Crippen molar-refractivity contribution in [3.8, 4) is 0 Å². The Morgan fingerprint density at radius 3 is 1.75 bits per heavy atom. The fourth-order valence-electron chi connectivity index (χ4n) is 2.47. The highest BCUT2D eigenvalue weighted by molar-refractivity contribution is 7.51. The number of rotatable bonds is 6. The van der Waals surface area contributed by atoms with Crippen molar-refractivity contribution >= 4 is 13.6 Å². The standard InChI is InChI=1S/C10H21O5P/c1-5-10(6-2,8(11)12)9(3,4)7-16(13,14)15/h5-7H2,1-4H3,(H,11,12)(H2,13,14,15). The van der Waals surface area contributed by atoms with Crippen molar-refractivity contribution in [2.24, 2.45) is 10.8 Å². The van der Waals surface area contributed by atoms with Crippen LogP contribution in [0.5, 0.6) is 0 Å². The summed E-state index contributed by atoms with van der Waals surface area (Å²) in [7, 11) is -4.21. The minimum atomic E-state index is -4.21. The van der Waals surface area contributed by atoms with Crippen LogP contribution in [0, 0.1) is 10.8 Å². The average molecular weight is 252 g/mol. The third-order valence-electron chi connectivity index (χ3n) is 3.51. The van der Waals surface area contributed by atoms with Crippen LogP contribution < -0.4 is 0 Å². The molecule has 0 unspecified atom stereocenters. The van der Waals surface area contributed by atoms with Crippen LogP contribution in [0.15, 0.2) is 0 Å². The van der Waals surface area contributed by atoms with E-state index in [-0.39, 0.29) is 0 Å². The molecule has 6 heteroatoms. The molecule has 0 aromatic carbocycles. The quantitative estimate of drug-likeness (QED) is 0.629. The Labute approximate surface area is 96.0 Å². The molecule has 0 aromatic heterocycles. The van der Waals surface area contributed by atoms with E-state index in [0.29, 0.717) is 12.8 Å². The molecule has 0 aliphatic carbocycles. The van der Waals surface area contributed by atoms with Crippen molar-refractivity contribution in [3.63, 3.8) is 0 Å². The van der Waals surface area contributed by atoms with Crippen molar-refractivity contribution in [1.29, 1.82) is 0 Å². The Morgan fingerprint density at radius 1 is 1.19 bits per heavy atom. The topological polar surface area (TPSA) is 94.8 Å². The molecule has 16 heavy (non-hydrogen) atoms. The number of hydrogen-bond donors (Lipinski definition) is 3. The van der Waals surface area contributed by atoms with Crippen LogP contribution in [0.1, 0.15) is 40.5 Å². The highest BCUT2D eigenvalue weighted by atomic mass is 31.2. The highest BCUT2D eigenvalue weighted by Crippen LogP contribution is 2.52. The summed E-state index contributed by atoms with van der Waals surface area (Å²) in [6, 6.07) is 0. The lowest BCUT2D eigenvalue weighted by Crippen LogP contribution is -2.45. The first-order valence-corrected chi connectivity index (χ1v) is 7.10. The maximum absolute atomic E-state index is 11.4. The van der Waals surface area contributed by atoms with Gasteiger partial charge in [0.05, 0.1) is 11.6 Å². The number of hydrogen-bond acceptors (Lipinski definition) is 2. The zero-order chi connectivity index (χ0) is 13.2. The Balaban J connectivity index is 5.36. The molecule has 0 bridgehead atoms. The molecule has 0 spiro atoms. The largest absolute Gasteiger partial charge is 0.481 e. The number of aliphatic carboxylic acids is 1. The van der Waals surface area contributed by atoms with Crippen molar-refractivity contribution in [2.45, 2.75) is 40.5 Å². The monoisotopic (exact) mass is 252 g/mol. The van der Waals surface area contributed by atoms with E-state index in [4.69, 9.17) is 9.79 Å². The Hall–Kier alpha value is -0.380. The molecule has 0 aliphatic rings. The van der Waals surface area contributed by atoms with Crippen molar-refractivity contribution < 1.29 is 24.3 Å². The van der Waals surface area contributed by atoms with Gasteiger partial charge in [0, 0.05) is 0 Å². The summed E-state index contributed by atoms with van der Waals surface area (Å²) >= 11 is 0. The molecule has 0 amide bonds. The van der Waals surface area contributed by atoms with Gasteiger partial charge in [-0.3, -0.25) is 9.36 Å². The molecule has 0 atom stereocenters. The molecule has 0 saturated heterocycles. The third-order valence-corrected chi connectivity index (χ3v) is 4.72. The summed E-state index contributed by atoms with van der Waals surface area (Å²) in [6.45, 7) is 6.68. The van der Waals surface area contributed by atoms with E-state index in [9.17, 15) is 14.5 Å². The summed E-state index contributed by atoms with van der Waals surface area (Å²) in [5, 5.41) is 9.30. The second-order valence-electron chi connectivity index (χ2n) is 4.80. The van der Waals surface area contributed by atoms with Gasteiger partial charge in [0.25, 0.3) is 0 Å². The lowest BCUT2D eigenvalue weighted by molar-refractivity contribution is -0.157. The van der Waals surface area contributed by atoms with Crippen LogP contribution in [-0.4, -0.2) is 27.0 Å². The van der Waals surface area contributed by atoms with E-state index in [1.165, 1.54) is 0 Å². The zero-order valence-corrected chi connectivity index (χ0v) is 11.1. The molecule has 96 valence electrons. The van der Waals surface area contributed by atoms with Crippen LogP contribution in [0.2, 0.25) is 0 Å². The lowest BCUT2D eigenvalue weighted by atomic mass is 9.63. The average Bonchev–Trinajstić information content (AvgIpc) is 2.00. The van der Waals surface area contributed by atoms with Crippen LogP contribution in [0.25, 0.3) is 0 Å². The van der Waals surface area contributed by atoms with Crippen molar-refractivity contribution in [2.75, 3.05) is 6.16 Å². The smallest absolute Gasteiger partial charge is 0.326 e. The predicted octanol–water partition coefficient (Wildman–Crippen LogP) is 2.08. The van der Waals surface area contributed by atoms with Gasteiger partial charge in [0.15, 0.2) is 0 Å². The summed E-state index contributed by atoms with van der Waals surface area (Å²) in [5.74, 6) is -0.990. The number of carboxylic acids is 1. The van der Waals surface area contributed by atoms with Gasteiger partial charge in [-0.25, -0.2) is 0 Å². The van der Waals surface area contributed by atoms with Crippen LogP contribution in [0.4, 0.5) is 0 Å². The maximum Gasteiger partial charge on any atom is 0.326 e. The summed E-state index contributed by atoms with van der Waals surface area (Å²) in [4.78, 5) is 29.4. The summed E-state index contributed by atoms with van der Waals surface area (Å²) in [5.41, 5.74) is -2.03. The van der Waals surface area contributed by atoms with Gasteiger partial charge >= 0.3 is 13.6 Å². The minimum Gasteiger partial charge on any atom is -0.481 e. The molecule has 0 aliphatic heterocycles. The van der Waals surface area contributed by atoms with Gasteiger partial charge in [-0.1, -0.05) is 27.7 Å². The number of carboxylic acid groups (broad SMARTS) is 1.